The average Bonchev–Trinajstić information content (AvgIpc) is 1.46. The van der Waals surface area contributed by atoms with Crippen LogP contribution < -0.4 is 11.7 Å². The van der Waals surface area contributed by atoms with Crippen LogP contribution in [0, 0.1) is 0 Å². The lowest BCUT2D eigenvalue weighted by molar-refractivity contribution is 1.09. The van der Waals surface area contributed by atoms with E-state index >= 15 is 0 Å². The van der Waals surface area contributed by atoms with Gasteiger partial charge in [-0.15, -0.1) is 12.4 Å². The second-order valence-electron chi connectivity index (χ2n) is 0.707. The fourth-order valence-corrected chi connectivity index (χ4v) is 0. The zero-order valence-electron chi connectivity index (χ0n) is 4.27. The third kappa shape index (κ3) is 984. The van der Waals surface area contributed by atoms with Crippen molar-refractivity contribution in [2.24, 2.45) is 11.7 Å². The Labute approximate surface area is 45.3 Å². The van der Waals surface area contributed by atoms with Gasteiger partial charge in [0, 0.05) is 0 Å². The molecule has 0 aromatic carbocycles. The molecule has 6 heavy (non-hydrogen) atoms. The maximum atomic E-state index is 4.00. The Kier molecular flexibility index (Phi) is 172. The molecule has 4 N–H and O–H groups in total. The van der Waals surface area contributed by atoms with Crippen molar-refractivity contribution >= 4 is 12.4 Å². The molecule has 0 saturated carbocycles. The predicted octanol–water partition coefficient (Wildman–Crippen LogP) is 0.657. The molecule has 0 radical (unpaired) electrons. The maximum absolute atomic E-state index is 4.00. The van der Waals surface area contributed by atoms with E-state index in [1.165, 1.54) is 6.42 Å². The third-order valence-corrected chi connectivity index (χ3v) is 0. The van der Waals surface area contributed by atoms with Crippen LogP contribution in [0.25, 0.3) is 0 Å². The molecule has 0 atom stereocenters. The number of hydrogen-bond acceptors (Lipinski definition) is 2. The number of hydrogen-bond donors (Lipinski definition) is 2. The molecule has 0 saturated heterocycles. The summed E-state index contributed by atoms with van der Waals surface area (Å²) in [4.78, 5) is 0. The molecule has 42 valence electrons. The Balaban J connectivity index is -0.0000000275. The van der Waals surface area contributed by atoms with Gasteiger partial charge < -0.3 is 0 Å². The molecular formula is C3H13ClN2. The van der Waals surface area contributed by atoms with Crippen LogP contribution in [0.2, 0.25) is 0 Å². The van der Waals surface area contributed by atoms with Crippen LogP contribution in [0.5, 0.6) is 0 Å². The molecule has 0 amide bonds. The van der Waals surface area contributed by atoms with Gasteiger partial charge in [0.1, 0.15) is 0 Å². The van der Waals surface area contributed by atoms with Crippen molar-refractivity contribution < 1.29 is 0 Å². The van der Waals surface area contributed by atoms with E-state index in [0.717, 1.165) is 0 Å². The molecule has 0 bridgehead atoms. The van der Waals surface area contributed by atoms with E-state index in [0.29, 0.717) is 0 Å². The molecule has 0 aliphatic heterocycles. The number of rotatable bonds is 0. The van der Waals surface area contributed by atoms with Crippen molar-refractivity contribution in [1.82, 2.24) is 0 Å². The van der Waals surface area contributed by atoms with Gasteiger partial charge in [-0.3, -0.25) is 11.7 Å². The van der Waals surface area contributed by atoms with Gasteiger partial charge in [-0.2, -0.15) is 0 Å². The number of nitrogens with two attached hydrogens (primary N) is 2. The van der Waals surface area contributed by atoms with Gasteiger partial charge in [-0.25, -0.2) is 0 Å². The summed E-state index contributed by atoms with van der Waals surface area (Å²) >= 11 is 0. The van der Waals surface area contributed by atoms with E-state index in [1.54, 1.807) is 0 Å². The Bertz CT molecular complexity index is 8.75. The lowest BCUT2D eigenvalue weighted by Gasteiger charge is -1.48. The van der Waals surface area contributed by atoms with Crippen LogP contribution in [0.15, 0.2) is 0 Å². The number of halogens is 1. The molecule has 0 aliphatic rings. The van der Waals surface area contributed by atoms with Crippen molar-refractivity contribution in [3.05, 3.63) is 0 Å². The van der Waals surface area contributed by atoms with E-state index in [1.807, 2.05) is 0 Å². The quantitative estimate of drug-likeness (QED) is 0.357. The molecule has 3 heteroatoms. The lowest BCUT2D eigenvalue weighted by atomic mass is 10.6. The molecule has 0 fully saturated rings. The van der Waals surface area contributed by atoms with Crippen LogP contribution in [-0.4, -0.2) is 0 Å². The Morgan fingerprint density at radius 1 is 1.17 bits per heavy atom. The SMILES string of the molecule is CCC.Cl.NN. The van der Waals surface area contributed by atoms with Crippen molar-refractivity contribution in [3.63, 3.8) is 0 Å². The molecule has 0 unspecified atom stereocenters. The standard InChI is InChI=1S/C3H8.ClH.H4N2/c1-3-2;;1-2/h3H2,1-2H3;1H;1-2H2. The second kappa shape index (κ2) is 63.1. The van der Waals surface area contributed by atoms with Crippen molar-refractivity contribution in [2.45, 2.75) is 20.3 Å². The Morgan fingerprint density at radius 2 is 1.17 bits per heavy atom. The van der Waals surface area contributed by atoms with Gasteiger partial charge in [0.2, 0.25) is 0 Å². The third-order valence-electron chi connectivity index (χ3n) is 0. The summed E-state index contributed by atoms with van der Waals surface area (Å²) in [5.74, 6) is 8.00. The monoisotopic (exact) mass is 112 g/mol. The first-order valence-corrected chi connectivity index (χ1v) is 1.75. The summed E-state index contributed by atoms with van der Waals surface area (Å²) in [7, 11) is 0. The minimum absolute atomic E-state index is 0. The molecule has 0 aromatic heterocycles. The van der Waals surface area contributed by atoms with Gasteiger partial charge in [-0.05, 0) is 0 Å². The summed E-state index contributed by atoms with van der Waals surface area (Å²) in [5.41, 5.74) is 0. The fourth-order valence-electron chi connectivity index (χ4n) is 0. The number of hydrazine groups is 1. The smallest absolute Gasteiger partial charge is 0.0590 e. The Morgan fingerprint density at radius 3 is 1.17 bits per heavy atom. The molecule has 0 aromatic rings. The highest BCUT2D eigenvalue weighted by Crippen LogP contribution is 1.56. The fraction of sp³-hybridized carbons (Fsp3) is 1.00. The second-order valence-corrected chi connectivity index (χ2v) is 0.707. The summed E-state index contributed by atoms with van der Waals surface area (Å²) in [6, 6.07) is 0. The minimum Gasteiger partial charge on any atom is -0.274 e. The molecular weight excluding hydrogens is 99.5 g/mol. The average molecular weight is 113 g/mol. The molecule has 2 nitrogen and oxygen atoms in total. The van der Waals surface area contributed by atoms with Crippen LogP contribution >= 0.6 is 12.4 Å². The van der Waals surface area contributed by atoms with E-state index in [4.69, 9.17) is 0 Å². The largest absolute Gasteiger partial charge is 0.274 e. The molecule has 0 heterocycles. The van der Waals surface area contributed by atoms with Crippen LogP contribution in [-0.2, 0) is 0 Å². The highest BCUT2D eigenvalue weighted by Gasteiger charge is 1.35. The maximum Gasteiger partial charge on any atom is -0.0590 e. The van der Waals surface area contributed by atoms with E-state index < -0.39 is 0 Å². The molecule has 0 spiro atoms. The van der Waals surface area contributed by atoms with Crippen LogP contribution in [0.4, 0.5) is 0 Å². The summed E-state index contributed by atoms with van der Waals surface area (Å²) < 4.78 is 0. The first-order chi connectivity index (χ1) is 2.41. The highest BCUT2D eigenvalue weighted by atomic mass is 35.5. The Hall–Kier alpha value is 0.210. The van der Waals surface area contributed by atoms with Gasteiger partial charge in [0.25, 0.3) is 0 Å². The summed E-state index contributed by atoms with van der Waals surface area (Å²) in [5, 5.41) is 0. The van der Waals surface area contributed by atoms with E-state index in [9.17, 15) is 0 Å². The highest BCUT2D eigenvalue weighted by molar-refractivity contribution is 5.85. The van der Waals surface area contributed by atoms with E-state index in [2.05, 4.69) is 25.5 Å². The molecule has 0 rings (SSSR count). The van der Waals surface area contributed by atoms with Crippen LogP contribution in [0.3, 0.4) is 0 Å². The zero-order chi connectivity index (χ0) is 4.71. The van der Waals surface area contributed by atoms with Gasteiger partial charge in [-0.1, -0.05) is 20.3 Å². The first kappa shape index (κ1) is 16.4. The van der Waals surface area contributed by atoms with Crippen LogP contribution in [0.1, 0.15) is 20.3 Å². The lowest BCUT2D eigenvalue weighted by Crippen LogP contribution is -2.02. The zero-order valence-corrected chi connectivity index (χ0v) is 5.09. The van der Waals surface area contributed by atoms with Crippen molar-refractivity contribution in [1.29, 1.82) is 0 Å². The first-order valence-electron chi connectivity index (χ1n) is 1.75. The predicted molar refractivity (Wildman–Crippen MR) is 31.6 cm³/mol. The minimum atomic E-state index is 0. The van der Waals surface area contributed by atoms with Crippen molar-refractivity contribution in [3.8, 4) is 0 Å². The van der Waals surface area contributed by atoms with E-state index in [-0.39, 0.29) is 12.4 Å². The van der Waals surface area contributed by atoms with Gasteiger partial charge in [0.05, 0.1) is 0 Å². The summed E-state index contributed by atoms with van der Waals surface area (Å²) in [6.45, 7) is 4.25. The van der Waals surface area contributed by atoms with Gasteiger partial charge >= 0.3 is 0 Å². The van der Waals surface area contributed by atoms with Crippen molar-refractivity contribution in [2.75, 3.05) is 0 Å². The topological polar surface area (TPSA) is 52.0 Å². The van der Waals surface area contributed by atoms with Gasteiger partial charge in [0.15, 0.2) is 0 Å². The summed E-state index contributed by atoms with van der Waals surface area (Å²) in [6.07, 6.45) is 1.25. The normalized spacial score (nSPS) is 4.00. The molecule has 0 aliphatic carbocycles.